The molecule has 26 heavy (non-hydrogen) atoms. The summed E-state index contributed by atoms with van der Waals surface area (Å²) in [6, 6.07) is 18.4. The number of hydrogen-bond donors (Lipinski definition) is 0. The Morgan fingerprint density at radius 2 is 1.54 bits per heavy atom. The van der Waals surface area contributed by atoms with Gasteiger partial charge in [-0.3, -0.25) is 0 Å². The SMILES string of the molecule is Cc1cccc(-c2nc3ccc(-c4ccc(C(F)(F)F)cc4)cc3o2)c1. The number of oxazole rings is 1. The van der Waals surface area contributed by atoms with Gasteiger partial charge in [0, 0.05) is 5.56 Å². The second kappa shape index (κ2) is 6.02. The Kier molecular flexibility index (Phi) is 3.80. The molecule has 0 N–H and O–H groups in total. The van der Waals surface area contributed by atoms with Crippen LogP contribution in [-0.4, -0.2) is 4.98 Å². The molecule has 0 aliphatic carbocycles. The van der Waals surface area contributed by atoms with Crippen LogP contribution in [0.5, 0.6) is 0 Å². The second-order valence-corrected chi connectivity index (χ2v) is 6.15. The number of nitrogens with zero attached hydrogens (tertiary/aromatic N) is 1. The molecule has 130 valence electrons. The molecule has 0 amide bonds. The summed E-state index contributed by atoms with van der Waals surface area (Å²) in [7, 11) is 0. The van der Waals surface area contributed by atoms with Gasteiger partial charge in [0.2, 0.25) is 5.89 Å². The Morgan fingerprint density at radius 1 is 0.808 bits per heavy atom. The van der Waals surface area contributed by atoms with Crippen molar-refractivity contribution in [2.75, 3.05) is 0 Å². The van der Waals surface area contributed by atoms with E-state index in [1.807, 2.05) is 43.3 Å². The Morgan fingerprint density at radius 3 is 2.23 bits per heavy atom. The van der Waals surface area contributed by atoms with Gasteiger partial charge in [0.25, 0.3) is 0 Å². The lowest BCUT2D eigenvalue weighted by molar-refractivity contribution is -0.137. The fourth-order valence-corrected chi connectivity index (χ4v) is 2.86. The van der Waals surface area contributed by atoms with Crippen LogP contribution >= 0.6 is 0 Å². The summed E-state index contributed by atoms with van der Waals surface area (Å²) in [4.78, 5) is 4.49. The number of alkyl halides is 3. The van der Waals surface area contributed by atoms with Gasteiger partial charge in [-0.15, -0.1) is 0 Å². The lowest BCUT2D eigenvalue weighted by Crippen LogP contribution is -2.03. The summed E-state index contributed by atoms with van der Waals surface area (Å²) in [5, 5.41) is 0. The smallest absolute Gasteiger partial charge is 0.416 e. The van der Waals surface area contributed by atoms with Crippen molar-refractivity contribution in [1.29, 1.82) is 0 Å². The lowest BCUT2D eigenvalue weighted by atomic mass is 10.0. The van der Waals surface area contributed by atoms with E-state index in [0.29, 0.717) is 22.6 Å². The van der Waals surface area contributed by atoms with Crippen molar-refractivity contribution < 1.29 is 17.6 Å². The van der Waals surface area contributed by atoms with Crippen molar-refractivity contribution in [3.63, 3.8) is 0 Å². The first-order valence-corrected chi connectivity index (χ1v) is 8.05. The van der Waals surface area contributed by atoms with E-state index in [-0.39, 0.29) is 0 Å². The van der Waals surface area contributed by atoms with E-state index in [2.05, 4.69) is 4.98 Å². The number of aryl methyl sites for hydroxylation is 1. The Labute approximate surface area is 147 Å². The molecule has 0 saturated heterocycles. The molecule has 1 aromatic heterocycles. The second-order valence-electron chi connectivity index (χ2n) is 6.15. The highest BCUT2D eigenvalue weighted by Crippen LogP contribution is 2.32. The molecule has 3 aromatic carbocycles. The van der Waals surface area contributed by atoms with Gasteiger partial charge in [-0.05, 0) is 54.4 Å². The van der Waals surface area contributed by atoms with Crippen LogP contribution in [0.15, 0.2) is 71.1 Å². The zero-order valence-electron chi connectivity index (χ0n) is 13.8. The summed E-state index contributed by atoms with van der Waals surface area (Å²) >= 11 is 0. The van der Waals surface area contributed by atoms with Crippen LogP contribution < -0.4 is 0 Å². The van der Waals surface area contributed by atoms with E-state index < -0.39 is 11.7 Å². The average molecular weight is 353 g/mol. The maximum absolute atomic E-state index is 12.7. The third-order valence-electron chi connectivity index (χ3n) is 4.20. The molecular formula is C21H14F3NO. The topological polar surface area (TPSA) is 26.0 Å². The molecular weight excluding hydrogens is 339 g/mol. The summed E-state index contributed by atoms with van der Waals surface area (Å²) in [5.41, 5.74) is 4.10. The lowest BCUT2D eigenvalue weighted by Gasteiger charge is -2.07. The van der Waals surface area contributed by atoms with E-state index in [9.17, 15) is 13.2 Å². The Balaban J connectivity index is 1.72. The number of fused-ring (bicyclic) bond motifs is 1. The number of halogens is 3. The molecule has 2 nitrogen and oxygen atoms in total. The minimum absolute atomic E-state index is 0.522. The predicted octanol–water partition coefficient (Wildman–Crippen LogP) is 6.49. The minimum atomic E-state index is -4.34. The highest BCUT2D eigenvalue weighted by atomic mass is 19.4. The molecule has 5 heteroatoms. The van der Waals surface area contributed by atoms with Gasteiger partial charge in [0.1, 0.15) is 5.52 Å². The van der Waals surface area contributed by atoms with Gasteiger partial charge in [0.05, 0.1) is 5.56 Å². The number of benzene rings is 3. The molecule has 0 aliphatic rings. The molecule has 0 bridgehead atoms. The fraction of sp³-hybridized carbons (Fsp3) is 0.0952. The first kappa shape index (κ1) is 16.4. The van der Waals surface area contributed by atoms with E-state index in [0.717, 1.165) is 28.8 Å². The predicted molar refractivity (Wildman–Crippen MR) is 94.6 cm³/mol. The van der Waals surface area contributed by atoms with Crippen molar-refractivity contribution >= 4 is 11.1 Å². The number of hydrogen-bond acceptors (Lipinski definition) is 2. The van der Waals surface area contributed by atoms with Crippen molar-refractivity contribution in [1.82, 2.24) is 4.98 Å². The molecule has 0 spiro atoms. The maximum atomic E-state index is 12.7. The summed E-state index contributed by atoms with van der Waals surface area (Å²) in [5.74, 6) is 0.522. The normalized spacial score (nSPS) is 11.8. The number of aromatic nitrogens is 1. The number of rotatable bonds is 2. The quantitative estimate of drug-likeness (QED) is 0.412. The van der Waals surface area contributed by atoms with Gasteiger partial charge < -0.3 is 4.42 Å². The van der Waals surface area contributed by atoms with Crippen LogP contribution in [0.3, 0.4) is 0 Å². The largest absolute Gasteiger partial charge is 0.436 e. The molecule has 0 aliphatic heterocycles. The fourth-order valence-electron chi connectivity index (χ4n) is 2.86. The van der Waals surface area contributed by atoms with Crippen LogP contribution in [0.4, 0.5) is 13.2 Å². The summed E-state index contributed by atoms with van der Waals surface area (Å²) in [6.07, 6.45) is -4.34. The van der Waals surface area contributed by atoms with Gasteiger partial charge in [-0.1, -0.05) is 35.9 Å². The Hall–Kier alpha value is -3.08. The third kappa shape index (κ3) is 3.08. The summed E-state index contributed by atoms with van der Waals surface area (Å²) < 4.78 is 44.0. The molecule has 0 unspecified atom stereocenters. The zero-order chi connectivity index (χ0) is 18.3. The highest BCUT2D eigenvalue weighted by molar-refractivity contribution is 5.82. The van der Waals surface area contributed by atoms with Crippen molar-refractivity contribution in [2.45, 2.75) is 13.1 Å². The molecule has 1 heterocycles. The van der Waals surface area contributed by atoms with Crippen molar-refractivity contribution in [3.05, 3.63) is 77.9 Å². The zero-order valence-corrected chi connectivity index (χ0v) is 13.8. The first-order valence-electron chi connectivity index (χ1n) is 8.05. The van der Waals surface area contributed by atoms with E-state index in [1.54, 1.807) is 6.07 Å². The third-order valence-corrected chi connectivity index (χ3v) is 4.20. The first-order chi connectivity index (χ1) is 12.4. The van der Waals surface area contributed by atoms with Gasteiger partial charge >= 0.3 is 6.18 Å². The maximum Gasteiger partial charge on any atom is 0.416 e. The van der Waals surface area contributed by atoms with Crippen LogP contribution in [0, 0.1) is 6.92 Å². The average Bonchev–Trinajstić information content (AvgIpc) is 3.04. The van der Waals surface area contributed by atoms with Gasteiger partial charge in [-0.2, -0.15) is 13.2 Å². The van der Waals surface area contributed by atoms with Crippen LogP contribution in [0.25, 0.3) is 33.7 Å². The van der Waals surface area contributed by atoms with E-state index in [1.165, 1.54) is 12.1 Å². The molecule has 0 saturated carbocycles. The molecule has 0 fully saturated rings. The Bertz CT molecular complexity index is 1080. The van der Waals surface area contributed by atoms with Crippen LogP contribution in [0.2, 0.25) is 0 Å². The van der Waals surface area contributed by atoms with Gasteiger partial charge in [0.15, 0.2) is 5.58 Å². The summed E-state index contributed by atoms with van der Waals surface area (Å²) in [6.45, 7) is 1.99. The van der Waals surface area contributed by atoms with Crippen molar-refractivity contribution in [2.24, 2.45) is 0 Å². The molecule has 0 radical (unpaired) electrons. The van der Waals surface area contributed by atoms with Gasteiger partial charge in [-0.25, -0.2) is 4.98 Å². The van der Waals surface area contributed by atoms with Crippen molar-refractivity contribution in [3.8, 4) is 22.6 Å². The van der Waals surface area contributed by atoms with Crippen LogP contribution in [0.1, 0.15) is 11.1 Å². The molecule has 4 aromatic rings. The molecule has 4 rings (SSSR count). The monoisotopic (exact) mass is 353 g/mol. The van der Waals surface area contributed by atoms with E-state index >= 15 is 0 Å². The highest BCUT2D eigenvalue weighted by Gasteiger charge is 2.29. The van der Waals surface area contributed by atoms with E-state index in [4.69, 9.17) is 4.42 Å². The van der Waals surface area contributed by atoms with Crippen LogP contribution in [-0.2, 0) is 6.18 Å². The standard InChI is InChI=1S/C21H14F3NO/c1-13-3-2-4-16(11-13)20-25-18-10-7-15(12-19(18)26-20)14-5-8-17(9-6-14)21(22,23)24/h2-12H,1H3. The molecule has 0 atom stereocenters. The minimum Gasteiger partial charge on any atom is -0.436 e.